The quantitative estimate of drug-likeness (QED) is 0.345. The van der Waals surface area contributed by atoms with Gasteiger partial charge < -0.3 is 19.9 Å². The summed E-state index contributed by atoms with van der Waals surface area (Å²) in [6.45, 7) is 0. The zero-order valence-corrected chi connectivity index (χ0v) is 18.4. The smallest absolute Gasteiger partial charge is 0.411 e. The number of ether oxygens (including phenoxy) is 1. The molecule has 0 saturated carbocycles. The van der Waals surface area contributed by atoms with Gasteiger partial charge in [0.25, 0.3) is 5.91 Å². The number of carboxylic acid groups (broad SMARTS) is 1. The predicted molar refractivity (Wildman–Crippen MR) is 124 cm³/mol. The van der Waals surface area contributed by atoms with Crippen LogP contribution in [0.1, 0.15) is 21.5 Å². The Hall–Kier alpha value is -4.15. The summed E-state index contributed by atoms with van der Waals surface area (Å²) in [5.74, 6) is -1.46. The van der Waals surface area contributed by atoms with Crippen molar-refractivity contribution in [2.75, 3.05) is 17.3 Å². The first kappa shape index (κ1) is 23.0. The van der Waals surface area contributed by atoms with Gasteiger partial charge in [-0.05, 0) is 30.3 Å². The van der Waals surface area contributed by atoms with E-state index in [1.54, 1.807) is 36.4 Å². The summed E-state index contributed by atoms with van der Waals surface area (Å²) in [4.78, 5) is 32.3. The minimum absolute atomic E-state index is 0. The number of benzene rings is 3. The highest BCUT2D eigenvalue weighted by Gasteiger charge is 2.51. The Bertz CT molecular complexity index is 1440. The number of carbonyl (C=O) groups excluding carboxylic acids is 1. The average molecular weight is 485 g/mol. The highest BCUT2D eigenvalue weighted by atomic mass is 35.5. The zero-order valence-electron chi connectivity index (χ0n) is 17.6. The lowest BCUT2D eigenvalue weighted by Gasteiger charge is -2.35. The molecule has 174 valence electrons. The predicted octanol–water partition coefficient (Wildman–Crippen LogP) is 4.08. The summed E-state index contributed by atoms with van der Waals surface area (Å²) >= 11 is 0. The second kappa shape index (κ2) is 8.32. The lowest BCUT2D eigenvalue weighted by Crippen LogP contribution is -2.45. The molecule has 5 rings (SSSR count). The normalized spacial score (nSPS) is 16.8. The van der Waals surface area contributed by atoms with Gasteiger partial charge in [-0.1, -0.05) is 30.3 Å². The van der Waals surface area contributed by atoms with Gasteiger partial charge in [-0.2, -0.15) is 0 Å². The van der Waals surface area contributed by atoms with Crippen molar-refractivity contribution in [2.24, 2.45) is 0 Å². The molecule has 0 fully saturated rings. The van der Waals surface area contributed by atoms with Gasteiger partial charge in [0.15, 0.2) is 17.3 Å². The van der Waals surface area contributed by atoms with Crippen LogP contribution in [0.3, 0.4) is 0 Å². The number of imidazole rings is 1. The fraction of sp³-hybridized carbons (Fsp3) is 0.0870. The minimum atomic E-state index is -2.05. The average Bonchev–Trinajstić information content (AvgIpc) is 3.30. The number of aromatic amines is 1. The van der Waals surface area contributed by atoms with Crippen molar-refractivity contribution in [3.63, 3.8) is 0 Å². The maximum absolute atomic E-state index is 15.2. The Balaban J connectivity index is 0.00000274. The van der Waals surface area contributed by atoms with Gasteiger partial charge in [0.1, 0.15) is 0 Å². The topological polar surface area (TPSA) is 128 Å². The molecule has 1 atom stereocenters. The van der Waals surface area contributed by atoms with Crippen LogP contribution < -0.4 is 15.0 Å². The molecule has 4 aromatic rings. The standard InChI is InChI=1S/C23H17FN4O5.ClH/c1-33-18-8-4-7-17(19(18)24)28-20(29)13-5-2-3-6-14(13)23(28,32)12-9-10-15-16(11-12)26-21(25-15)27-22(30)31;/h2-11,32H,1H3,(H,30,31)(H2,25,26,27);1H. The summed E-state index contributed by atoms with van der Waals surface area (Å²) in [7, 11) is 1.31. The van der Waals surface area contributed by atoms with Crippen molar-refractivity contribution in [2.45, 2.75) is 5.72 Å². The molecule has 1 aliphatic heterocycles. The zero-order chi connectivity index (χ0) is 23.3. The molecule has 1 aromatic heterocycles. The Kier molecular flexibility index (Phi) is 5.64. The molecule has 2 heterocycles. The van der Waals surface area contributed by atoms with Crippen LogP contribution in [0.15, 0.2) is 60.7 Å². The largest absolute Gasteiger partial charge is 0.494 e. The minimum Gasteiger partial charge on any atom is -0.494 e. The summed E-state index contributed by atoms with van der Waals surface area (Å²) in [6.07, 6.45) is -1.29. The molecule has 0 saturated heterocycles. The number of amides is 2. The first-order valence-corrected chi connectivity index (χ1v) is 9.83. The molecule has 3 aromatic carbocycles. The number of aliphatic hydroxyl groups is 1. The Morgan fingerprint density at radius 2 is 1.94 bits per heavy atom. The van der Waals surface area contributed by atoms with E-state index in [0.29, 0.717) is 11.0 Å². The van der Waals surface area contributed by atoms with Crippen LogP contribution in [-0.2, 0) is 5.72 Å². The molecular weight excluding hydrogens is 467 g/mol. The molecule has 1 unspecified atom stereocenters. The van der Waals surface area contributed by atoms with E-state index in [-0.39, 0.29) is 46.5 Å². The van der Waals surface area contributed by atoms with Crippen molar-refractivity contribution in [1.82, 2.24) is 9.97 Å². The first-order chi connectivity index (χ1) is 15.8. The van der Waals surface area contributed by atoms with E-state index in [0.717, 1.165) is 4.90 Å². The van der Waals surface area contributed by atoms with Crippen molar-refractivity contribution in [3.8, 4) is 5.75 Å². The molecule has 0 spiro atoms. The van der Waals surface area contributed by atoms with E-state index in [4.69, 9.17) is 9.84 Å². The number of methoxy groups -OCH3 is 1. The van der Waals surface area contributed by atoms with Crippen molar-refractivity contribution in [3.05, 3.63) is 83.2 Å². The van der Waals surface area contributed by atoms with Gasteiger partial charge in [-0.3, -0.25) is 15.0 Å². The number of halogens is 2. The van der Waals surface area contributed by atoms with Crippen LogP contribution in [0.5, 0.6) is 5.75 Å². The molecule has 1 aliphatic rings. The molecule has 2 amide bonds. The van der Waals surface area contributed by atoms with Crippen LogP contribution in [0, 0.1) is 5.82 Å². The number of nitrogens with one attached hydrogen (secondary N) is 2. The van der Waals surface area contributed by atoms with E-state index < -0.39 is 23.5 Å². The lowest BCUT2D eigenvalue weighted by atomic mass is 9.93. The van der Waals surface area contributed by atoms with Crippen LogP contribution in [0.25, 0.3) is 11.0 Å². The van der Waals surface area contributed by atoms with Gasteiger partial charge in [0.05, 0.1) is 23.8 Å². The van der Waals surface area contributed by atoms with Gasteiger partial charge >= 0.3 is 6.09 Å². The van der Waals surface area contributed by atoms with Gasteiger partial charge in [-0.25, -0.2) is 14.2 Å². The fourth-order valence-electron chi connectivity index (χ4n) is 4.15. The number of aromatic nitrogens is 2. The maximum Gasteiger partial charge on any atom is 0.411 e. The Morgan fingerprint density at radius 1 is 1.18 bits per heavy atom. The summed E-state index contributed by atoms with van der Waals surface area (Å²) in [6, 6.07) is 15.5. The number of fused-ring (bicyclic) bond motifs is 2. The van der Waals surface area contributed by atoms with Crippen molar-refractivity contribution in [1.29, 1.82) is 0 Å². The van der Waals surface area contributed by atoms with Crippen molar-refractivity contribution < 1.29 is 28.9 Å². The SMILES string of the molecule is COc1cccc(N2C(=O)c3ccccc3C2(O)c2ccc3nc(NC(=O)O)[nH]c3c2)c1F.Cl. The van der Waals surface area contributed by atoms with E-state index >= 15 is 4.39 Å². The summed E-state index contributed by atoms with van der Waals surface area (Å²) < 4.78 is 20.3. The van der Waals surface area contributed by atoms with Crippen LogP contribution >= 0.6 is 12.4 Å². The van der Waals surface area contributed by atoms with E-state index in [2.05, 4.69) is 15.3 Å². The van der Waals surface area contributed by atoms with E-state index in [1.165, 1.54) is 31.4 Å². The molecule has 9 nitrogen and oxygen atoms in total. The number of hydrogen-bond acceptors (Lipinski definition) is 5. The number of H-pyrrole nitrogens is 1. The first-order valence-electron chi connectivity index (χ1n) is 9.83. The molecule has 4 N–H and O–H groups in total. The number of nitrogens with zero attached hydrogens (tertiary/aromatic N) is 2. The molecule has 0 radical (unpaired) electrons. The van der Waals surface area contributed by atoms with Crippen molar-refractivity contribution >= 4 is 47.1 Å². The highest BCUT2D eigenvalue weighted by Crippen LogP contribution is 2.46. The number of rotatable bonds is 4. The number of carbonyl (C=O) groups is 2. The third-order valence-corrected chi connectivity index (χ3v) is 5.57. The molecule has 0 bridgehead atoms. The number of hydrogen-bond donors (Lipinski definition) is 4. The molecule has 11 heteroatoms. The van der Waals surface area contributed by atoms with E-state index in [9.17, 15) is 14.7 Å². The van der Waals surface area contributed by atoms with Gasteiger partial charge in [0.2, 0.25) is 5.95 Å². The highest BCUT2D eigenvalue weighted by molar-refractivity contribution is 6.12. The van der Waals surface area contributed by atoms with Gasteiger partial charge in [-0.15, -0.1) is 12.4 Å². The monoisotopic (exact) mass is 484 g/mol. The Morgan fingerprint density at radius 3 is 2.68 bits per heavy atom. The van der Waals surface area contributed by atoms with E-state index in [1.807, 2.05) is 0 Å². The molecule has 0 aliphatic carbocycles. The summed E-state index contributed by atoms with van der Waals surface area (Å²) in [5.41, 5.74) is -0.617. The Labute approximate surface area is 198 Å². The lowest BCUT2D eigenvalue weighted by molar-refractivity contribution is 0.0698. The second-order valence-electron chi connectivity index (χ2n) is 7.40. The van der Waals surface area contributed by atoms with Crippen LogP contribution in [0.2, 0.25) is 0 Å². The molecule has 34 heavy (non-hydrogen) atoms. The van der Waals surface area contributed by atoms with Gasteiger partial charge in [0, 0.05) is 16.7 Å². The maximum atomic E-state index is 15.2. The fourth-order valence-corrected chi connectivity index (χ4v) is 4.15. The molecular formula is C23H18ClFN4O5. The third kappa shape index (κ3) is 3.31. The van der Waals surface area contributed by atoms with Crippen LogP contribution in [0.4, 0.5) is 20.8 Å². The number of anilines is 2. The summed E-state index contributed by atoms with van der Waals surface area (Å²) in [5, 5.41) is 23.1. The third-order valence-electron chi connectivity index (χ3n) is 5.57. The van der Waals surface area contributed by atoms with Crippen LogP contribution in [-0.4, -0.2) is 39.3 Å². The second-order valence-corrected chi connectivity index (χ2v) is 7.40.